The molecule has 0 saturated heterocycles. The topological polar surface area (TPSA) is 97.1 Å². The maximum atomic E-state index is 11.9. The molecule has 0 aliphatic heterocycles. The summed E-state index contributed by atoms with van der Waals surface area (Å²) in [6.45, 7) is 0.372. The minimum Gasteiger partial charge on any atom is -0.493 e. The monoisotopic (exact) mass is 425 g/mol. The van der Waals surface area contributed by atoms with E-state index >= 15 is 0 Å². The van der Waals surface area contributed by atoms with Crippen molar-refractivity contribution in [1.29, 1.82) is 0 Å². The zero-order valence-electron chi connectivity index (χ0n) is 17.5. The first-order valence-corrected chi connectivity index (χ1v) is 9.51. The van der Waals surface area contributed by atoms with Gasteiger partial charge in [-0.3, -0.25) is 9.59 Å². The second-order valence-electron chi connectivity index (χ2n) is 6.59. The number of carbonyl (C=O) groups excluding carboxylic acids is 2. The van der Waals surface area contributed by atoms with Gasteiger partial charge in [-0.1, -0.05) is 30.3 Å². The number of rotatable bonds is 9. The van der Waals surface area contributed by atoms with Gasteiger partial charge in [0, 0.05) is 12.0 Å². The fraction of sp³-hybridized carbons (Fsp3) is 0.261. The van der Waals surface area contributed by atoms with Crippen LogP contribution in [-0.4, -0.2) is 38.3 Å². The molecule has 1 aromatic heterocycles. The molecule has 0 amide bonds. The largest absolute Gasteiger partial charge is 0.493 e. The Kier molecular flexibility index (Phi) is 7.26. The zero-order valence-corrected chi connectivity index (χ0v) is 17.5. The molecule has 0 atom stereocenters. The molecule has 2 aromatic carbocycles. The fourth-order valence-corrected chi connectivity index (χ4v) is 2.95. The van der Waals surface area contributed by atoms with Gasteiger partial charge in [0.2, 0.25) is 5.89 Å². The van der Waals surface area contributed by atoms with Gasteiger partial charge in [-0.05, 0) is 23.8 Å². The maximum Gasteiger partial charge on any atom is 0.320 e. The predicted octanol–water partition coefficient (Wildman–Crippen LogP) is 3.43. The van der Waals surface area contributed by atoms with Gasteiger partial charge in [-0.2, -0.15) is 0 Å². The third kappa shape index (κ3) is 5.42. The Morgan fingerprint density at radius 1 is 0.968 bits per heavy atom. The number of aromatic nitrogens is 1. The van der Waals surface area contributed by atoms with E-state index in [9.17, 15) is 9.59 Å². The summed E-state index contributed by atoms with van der Waals surface area (Å²) in [7, 11) is 3.98. The van der Waals surface area contributed by atoms with E-state index in [4.69, 9.17) is 13.9 Å². The van der Waals surface area contributed by atoms with E-state index in [1.807, 2.05) is 30.3 Å². The molecule has 0 radical (unpaired) electrons. The Bertz CT molecular complexity index is 1010. The molecule has 162 valence electrons. The number of nitrogens with zero attached hydrogens (tertiary/aromatic N) is 1. The van der Waals surface area contributed by atoms with Crippen molar-refractivity contribution in [2.45, 2.75) is 13.0 Å². The molecule has 0 saturated carbocycles. The van der Waals surface area contributed by atoms with Crippen LogP contribution in [0.2, 0.25) is 0 Å². The number of methoxy groups -OCH3 is 3. The van der Waals surface area contributed by atoms with E-state index in [1.165, 1.54) is 20.5 Å². The first-order chi connectivity index (χ1) is 15.0. The van der Waals surface area contributed by atoms with Crippen molar-refractivity contribution in [2.24, 2.45) is 5.92 Å². The van der Waals surface area contributed by atoms with Gasteiger partial charge in [-0.15, -0.1) is 0 Å². The van der Waals surface area contributed by atoms with Gasteiger partial charge >= 0.3 is 11.9 Å². The van der Waals surface area contributed by atoms with Crippen molar-refractivity contribution in [3.63, 3.8) is 0 Å². The van der Waals surface area contributed by atoms with Crippen LogP contribution in [0.15, 0.2) is 59.2 Å². The summed E-state index contributed by atoms with van der Waals surface area (Å²) in [4.78, 5) is 28.2. The highest BCUT2D eigenvalue weighted by Crippen LogP contribution is 2.33. The number of hydrogen-bond acceptors (Lipinski definition) is 8. The lowest BCUT2D eigenvalue weighted by molar-refractivity contribution is -0.158. The summed E-state index contributed by atoms with van der Waals surface area (Å²) in [6, 6.07) is 15.1. The number of benzene rings is 2. The summed E-state index contributed by atoms with van der Waals surface area (Å²) < 4.78 is 26.2. The second kappa shape index (κ2) is 10.3. The molecule has 0 aliphatic rings. The molecule has 31 heavy (non-hydrogen) atoms. The third-order valence-corrected chi connectivity index (χ3v) is 4.58. The highest BCUT2D eigenvalue weighted by Gasteiger charge is 2.30. The van der Waals surface area contributed by atoms with Crippen LogP contribution in [0.1, 0.15) is 11.3 Å². The van der Waals surface area contributed by atoms with Gasteiger partial charge in [0.05, 0.1) is 27.0 Å². The van der Waals surface area contributed by atoms with E-state index in [1.54, 1.807) is 25.3 Å². The predicted molar refractivity (Wildman–Crippen MR) is 110 cm³/mol. The molecule has 0 spiro atoms. The van der Waals surface area contributed by atoms with Crippen molar-refractivity contribution in [1.82, 2.24) is 4.98 Å². The molecule has 0 fully saturated rings. The van der Waals surface area contributed by atoms with E-state index < -0.39 is 17.9 Å². The van der Waals surface area contributed by atoms with Gasteiger partial charge < -0.3 is 23.4 Å². The minimum absolute atomic E-state index is 0.00361. The smallest absolute Gasteiger partial charge is 0.320 e. The Morgan fingerprint density at radius 3 is 2.32 bits per heavy atom. The van der Waals surface area contributed by atoms with Crippen molar-refractivity contribution >= 4 is 11.9 Å². The van der Waals surface area contributed by atoms with Crippen molar-refractivity contribution in [3.05, 3.63) is 66.1 Å². The SMILES string of the molecule is COC(=O)C(Cc1coc(-c2ccc(OC)c(OCc3ccccc3)c2)n1)C(=O)OC. The Labute approximate surface area is 179 Å². The molecule has 0 aliphatic carbocycles. The molecular weight excluding hydrogens is 402 g/mol. The number of oxazole rings is 1. The zero-order chi connectivity index (χ0) is 22.2. The minimum atomic E-state index is -1.12. The highest BCUT2D eigenvalue weighted by molar-refractivity contribution is 5.95. The summed E-state index contributed by atoms with van der Waals surface area (Å²) in [5.74, 6) is -1.09. The molecule has 0 bridgehead atoms. The van der Waals surface area contributed by atoms with Gasteiger partial charge in [0.25, 0.3) is 0 Å². The average Bonchev–Trinajstić information content (AvgIpc) is 3.29. The van der Waals surface area contributed by atoms with Crippen LogP contribution in [0, 0.1) is 5.92 Å². The summed E-state index contributed by atoms with van der Waals surface area (Å²) >= 11 is 0. The molecule has 0 N–H and O–H groups in total. The molecule has 3 rings (SSSR count). The lowest BCUT2D eigenvalue weighted by atomic mass is 10.0. The van der Waals surface area contributed by atoms with Crippen LogP contribution in [0.4, 0.5) is 0 Å². The van der Waals surface area contributed by atoms with Crippen molar-refractivity contribution < 1.29 is 33.0 Å². The maximum absolute atomic E-state index is 11.9. The Hall–Kier alpha value is -3.81. The lowest BCUT2D eigenvalue weighted by Crippen LogP contribution is -2.28. The molecule has 8 heteroatoms. The van der Waals surface area contributed by atoms with Crippen LogP contribution in [0.5, 0.6) is 11.5 Å². The van der Waals surface area contributed by atoms with Crippen LogP contribution in [0.3, 0.4) is 0 Å². The quantitative estimate of drug-likeness (QED) is 0.380. The first kappa shape index (κ1) is 21.9. The Morgan fingerprint density at radius 2 is 1.68 bits per heavy atom. The standard InChI is InChI=1S/C23H23NO7/c1-27-19-10-9-16(11-20(19)30-13-15-7-5-4-6-8-15)21-24-17(14-31-21)12-18(22(25)28-2)23(26)29-3/h4-11,14,18H,12-13H2,1-3H3. The van der Waals surface area contributed by atoms with Crippen LogP contribution in [-0.2, 0) is 32.1 Å². The van der Waals surface area contributed by atoms with E-state index in [0.717, 1.165) is 5.56 Å². The number of hydrogen-bond donors (Lipinski definition) is 0. The summed E-state index contributed by atoms with van der Waals surface area (Å²) in [5.41, 5.74) is 2.09. The molecule has 1 heterocycles. The van der Waals surface area contributed by atoms with E-state index in [-0.39, 0.29) is 6.42 Å². The number of carbonyl (C=O) groups is 2. The van der Waals surface area contributed by atoms with Gasteiger partial charge in [0.1, 0.15) is 12.9 Å². The van der Waals surface area contributed by atoms with Crippen molar-refractivity contribution in [2.75, 3.05) is 21.3 Å². The first-order valence-electron chi connectivity index (χ1n) is 9.51. The summed E-state index contributed by atoms with van der Waals surface area (Å²) in [6.07, 6.45) is 1.39. The van der Waals surface area contributed by atoms with Gasteiger partial charge in [-0.25, -0.2) is 4.98 Å². The van der Waals surface area contributed by atoms with Crippen LogP contribution in [0.25, 0.3) is 11.5 Å². The number of ether oxygens (including phenoxy) is 4. The molecular formula is C23H23NO7. The van der Waals surface area contributed by atoms with E-state index in [2.05, 4.69) is 14.5 Å². The van der Waals surface area contributed by atoms with Crippen LogP contribution < -0.4 is 9.47 Å². The Balaban J connectivity index is 1.79. The third-order valence-electron chi connectivity index (χ3n) is 4.58. The normalized spacial score (nSPS) is 10.6. The number of esters is 2. The van der Waals surface area contributed by atoms with Crippen molar-refractivity contribution in [3.8, 4) is 23.0 Å². The highest BCUT2D eigenvalue weighted by atomic mass is 16.5. The molecule has 0 unspecified atom stereocenters. The van der Waals surface area contributed by atoms with Gasteiger partial charge in [0.15, 0.2) is 17.4 Å². The molecule has 3 aromatic rings. The van der Waals surface area contributed by atoms with Crippen LogP contribution >= 0.6 is 0 Å². The summed E-state index contributed by atoms with van der Waals surface area (Å²) in [5, 5.41) is 0. The fourth-order valence-electron chi connectivity index (χ4n) is 2.95. The second-order valence-corrected chi connectivity index (χ2v) is 6.59. The average molecular weight is 425 g/mol. The lowest BCUT2D eigenvalue weighted by Gasteiger charge is -2.11. The molecule has 8 nitrogen and oxygen atoms in total. The van der Waals surface area contributed by atoms with E-state index in [0.29, 0.717) is 35.3 Å².